The second kappa shape index (κ2) is 6.50. The molecule has 0 fully saturated rings. The molecule has 0 saturated heterocycles. The van der Waals surface area contributed by atoms with Gasteiger partial charge in [-0.3, -0.25) is 0 Å². The molecule has 1 N–H and O–H groups in total. The summed E-state index contributed by atoms with van der Waals surface area (Å²) in [6, 6.07) is 7.50. The van der Waals surface area contributed by atoms with E-state index >= 15 is 0 Å². The Labute approximate surface area is 128 Å². The second-order valence-corrected chi connectivity index (χ2v) is 7.60. The summed E-state index contributed by atoms with van der Waals surface area (Å²) < 4.78 is 5.41. The van der Waals surface area contributed by atoms with Crippen molar-refractivity contribution in [3.8, 4) is 0 Å². The molecule has 0 saturated carbocycles. The fourth-order valence-electron chi connectivity index (χ4n) is 1.45. The zero-order valence-electron chi connectivity index (χ0n) is 11.8. The molecule has 1 heterocycles. The van der Waals surface area contributed by atoms with Crippen molar-refractivity contribution in [1.29, 1.82) is 0 Å². The van der Waals surface area contributed by atoms with Gasteiger partial charge in [-0.05, 0) is 24.3 Å². The third kappa shape index (κ3) is 5.06. The number of hydrogen-bond acceptors (Lipinski definition) is 5. The molecule has 1 aromatic carbocycles. The van der Waals surface area contributed by atoms with Gasteiger partial charge in [0, 0.05) is 15.5 Å². The van der Waals surface area contributed by atoms with E-state index in [0.717, 1.165) is 22.3 Å². The number of rotatable bonds is 5. The molecular weight excluding hydrogens is 294 g/mol. The zero-order valence-corrected chi connectivity index (χ0v) is 13.4. The third-order valence-electron chi connectivity index (χ3n) is 2.43. The molecule has 0 aliphatic rings. The molecule has 0 aliphatic heterocycles. The van der Waals surface area contributed by atoms with Gasteiger partial charge >= 0.3 is 0 Å². The van der Waals surface area contributed by atoms with E-state index in [0.29, 0.717) is 12.4 Å². The Bertz CT molecular complexity index is 548. The van der Waals surface area contributed by atoms with Crippen molar-refractivity contribution in [2.75, 3.05) is 5.32 Å². The van der Waals surface area contributed by atoms with Crippen LogP contribution in [0.2, 0.25) is 5.02 Å². The summed E-state index contributed by atoms with van der Waals surface area (Å²) in [5.41, 5.74) is 0.971. The van der Waals surface area contributed by atoms with Crippen molar-refractivity contribution in [3.63, 3.8) is 0 Å². The van der Waals surface area contributed by atoms with Gasteiger partial charge in [0.05, 0.1) is 12.3 Å². The van der Waals surface area contributed by atoms with Crippen molar-refractivity contribution in [3.05, 3.63) is 41.0 Å². The van der Waals surface area contributed by atoms with E-state index in [1.807, 2.05) is 24.3 Å². The molecule has 0 radical (unpaired) electrons. The highest BCUT2D eigenvalue weighted by atomic mass is 35.5. The van der Waals surface area contributed by atoms with E-state index in [4.69, 9.17) is 16.1 Å². The molecule has 0 unspecified atom stereocenters. The van der Waals surface area contributed by atoms with Crippen molar-refractivity contribution in [2.45, 2.75) is 37.8 Å². The summed E-state index contributed by atoms with van der Waals surface area (Å²) in [4.78, 5) is 4.36. The van der Waals surface area contributed by atoms with Gasteiger partial charge < -0.3 is 9.84 Å². The molecule has 0 aliphatic carbocycles. The molecule has 2 aromatic rings. The Hall–Kier alpha value is -1.20. The fraction of sp³-hybridized carbons (Fsp3) is 0.429. The molecule has 6 heteroatoms. The lowest BCUT2D eigenvalue weighted by Gasteiger charge is -2.15. The minimum atomic E-state index is 0.197. The molecule has 4 nitrogen and oxygen atoms in total. The first-order chi connectivity index (χ1) is 9.42. The van der Waals surface area contributed by atoms with Gasteiger partial charge in [-0.1, -0.05) is 37.5 Å². The number of benzene rings is 1. The second-order valence-electron chi connectivity index (χ2n) is 5.37. The highest BCUT2D eigenvalue weighted by molar-refractivity contribution is 7.99. The molecule has 0 amide bonds. The van der Waals surface area contributed by atoms with E-state index < -0.39 is 0 Å². The molecular formula is C14H18ClN3OS. The quantitative estimate of drug-likeness (QED) is 0.888. The van der Waals surface area contributed by atoms with E-state index in [9.17, 15) is 0 Å². The fourth-order valence-corrected chi connectivity index (χ4v) is 2.25. The van der Waals surface area contributed by atoms with Crippen LogP contribution in [0.4, 0.5) is 5.69 Å². The maximum atomic E-state index is 5.83. The molecule has 20 heavy (non-hydrogen) atoms. The summed E-state index contributed by atoms with van der Waals surface area (Å²) in [6.45, 7) is 7.01. The van der Waals surface area contributed by atoms with Crippen LogP contribution in [-0.4, -0.2) is 14.9 Å². The van der Waals surface area contributed by atoms with Crippen molar-refractivity contribution in [2.24, 2.45) is 0 Å². The monoisotopic (exact) mass is 311 g/mol. The number of hydrogen-bond donors (Lipinski definition) is 1. The lowest BCUT2D eigenvalue weighted by atomic mass is 10.3. The number of nitrogens with zero attached hydrogens (tertiary/aromatic N) is 2. The van der Waals surface area contributed by atoms with E-state index in [1.54, 1.807) is 11.8 Å². The van der Waals surface area contributed by atoms with Crippen molar-refractivity contribution >= 4 is 29.1 Å². The smallest absolute Gasteiger partial charge is 0.245 e. The summed E-state index contributed by atoms with van der Waals surface area (Å²) >= 11 is 7.63. The Kier molecular flexibility index (Phi) is 4.94. The zero-order chi connectivity index (χ0) is 14.6. The van der Waals surface area contributed by atoms with Crippen molar-refractivity contribution < 1.29 is 4.52 Å². The van der Waals surface area contributed by atoms with E-state index in [-0.39, 0.29) is 4.75 Å². The van der Waals surface area contributed by atoms with Crippen molar-refractivity contribution in [1.82, 2.24) is 10.1 Å². The molecule has 108 valence electrons. The predicted molar refractivity (Wildman–Crippen MR) is 84.1 cm³/mol. The Morgan fingerprint density at radius 1 is 1.25 bits per heavy atom. The van der Waals surface area contributed by atoms with Crippen LogP contribution in [-0.2, 0) is 12.3 Å². The van der Waals surface area contributed by atoms with Crippen LogP contribution in [0.3, 0.4) is 0 Å². The van der Waals surface area contributed by atoms with Gasteiger partial charge in [0.1, 0.15) is 0 Å². The largest absolute Gasteiger partial charge is 0.376 e. The molecule has 1 aromatic heterocycles. The Morgan fingerprint density at radius 2 is 1.95 bits per heavy atom. The van der Waals surface area contributed by atoms with E-state index in [2.05, 4.69) is 36.2 Å². The SMILES string of the molecule is CC(C)(C)SCc1noc(CNc2ccc(Cl)cc2)n1. The lowest BCUT2D eigenvalue weighted by molar-refractivity contribution is 0.379. The van der Waals surface area contributed by atoms with Crippen LogP contribution in [0.25, 0.3) is 0 Å². The minimum absolute atomic E-state index is 0.197. The van der Waals surface area contributed by atoms with Crippen LogP contribution in [0, 0.1) is 0 Å². The van der Waals surface area contributed by atoms with Gasteiger partial charge in [0.2, 0.25) is 5.89 Å². The molecule has 0 spiro atoms. The predicted octanol–water partition coefficient (Wildman–Crippen LogP) is 4.37. The number of halogens is 1. The number of thioether (sulfide) groups is 1. The average Bonchev–Trinajstić information content (AvgIpc) is 2.83. The van der Waals surface area contributed by atoms with Gasteiger partial charge in [-0.15, -0.1) is 11.8 Å². The van der Waals surface area contributed by atoms with Gasteiger partial charge in [-0.2, -0.15) is 4.98 Å². The first kappa shape index (κ1) is 15.2. The third-order valence-corrected chi connectivity index (χ3v) is 3.95. The summed E-state index contributed by atoms with van der Waals surface area (Å²) in [5.74, 6) is 2.08. The maximum Gasteiger partial charge on any atom is 0.245 e. The van der Waals surface area contributed by atoms with Gasteiger partial charge in [0.25, 0.3) is 0 Å². The summed E-state index contributed by atoms with van der Waals surface area (Å²) in [7, 11) is 0. The highest BCUT2D eigenvalue weighted by Crippen LogP contribution is 2.26. The number of aromatic nitrogens is 2. The Balaban J connectivity index is 1.85. The standard InChI is InChI=1S/C14H18ClN3OS/c1-14(2,3)20-9-12-17-13(19-18-12)8-16-11-6-4-10(15)5-7-11/h4-7,16H,8-9H2,1-3H3. The summed E-state index contributed by atoms with van der Waals surface area (Å²) in [5, 5.41) is 7.91. The Morgan fingerprint density at radius 3 is 2.60 bits per heavy atom. The topological polar surface area (TPSA) is 51.0 Å². The van der Waals surface area contributed by atoms with Crippen LogP contribution in [0.5, 0.6) is 0 Å². The molecule has 0 bridgehead atoms. The van der Waals surface area contributed by atoms with Crippen LogP contribution < -0.4 is 5.32 Å². The normalized spacial score (nSPS) is 11.6. The number of anilines is 1. The van der Waals surface area contributed by atoms with Crippen LogP contribution >= 0.6 is 23.4 Å². The average molecular weight is 312 g/mol. The first-order valence-electron chi connectivity index (χ1n) is 6.37. The molecule has 0 atom stereocenters. The van der Waals surface area contributed by atoms with Gasteiger partial charge in [0.15, 0.2) is 5.82 Å². The highest BCUT2D eigenvalue weighted by Gasteiger charge is 2.13. The first-order valence-corrected chi connectivity index (χ1v) is 7.73. The van der Waals surface area contributed by atoms with Crippen LogP contribution in [0.1, 0.15) is 32.5 Å². The minimum Gasteiger partial charge on any atom is -0.376 e. The van der Waals surface area contributed by atoms with Crippen LogP contribution in [0.15, 0.2) is 28.8 Å². The van der Waals surface area contributed by atoms with Gasteiger partial charge in [-0.25, -0.2) is 0 Å². The maximum absolute atomic E-state index is 5.83. The molecule has 2 rings (SSSR count). The number of nitrogens with one attached hydrogen (secondary N) is 1. The van der Waals surface area contributed by atoms with E-state index in [1.165, 1.54) is 0 Å². The lowest BCUT2D eigenvalue weighted by Crippen LogP contribution is -2.08. The summed E-state index contributed by atoms with van der Waals surface area (Å²) in [6.07, 6.45) is 0.